The third kappa shape index (κ3) is 5.88. The lowest BCUT2D eigenvalue weighted by atomic mass is 10.0. The molecule has 0 aromatic heterocycles. The van der Waals surface area contributed by atoms with E-state index in [0.717, 1.165) is 22.6 Å². The molecule has 4 nitrogen and oxygen atoms in total. The Labute approximate surface area is 159 Å². The van der Waals surface area contributed by atoms with Gasteiger partial charge in [0.05, 0.1) is 12.6 Å². The van der Waals surface area contributed by atoms with Crippen LogP contribution < -0.4 is 15.4 Å². The Morgan fingerprint density at radius 1 is 1.24 bits per heavy atom. The molecule has 134 valence electrons. The van der Waals surface area contributed by atoms with Gasteiger partial charge >= 0.3 is 0 Å². The van der Waals surface area contributed by atoms with Crippen LogP contribution in [0, 0.1) is 6.92 Å². The van der Waals surface area contributed by atoms with Crippen LogP contribution in [0.1, 0.15) is 30.5 Å². The molecular weight excluding hydrogens is 356 g/mol. The highest BCUT2D eigenvalue weighted by molar-refractivity contribution is 7.80. The number of hydrogen-bond donors (Lipinski definition) is 3. The number of halogens is 1. The first-order valence-electron chi connectivity index (χ1n) is 8.20. The second-order valence-electron chi connectivity index (χ2n) is 5.62. The third-order valence-corrected chi connectivity index (χ3v) is 4.21. The summed E-state index contributed by atoms with van der Waals surface area (Å²) in [5, 5.41) is 17.0. The minimum absolute atomic E-state index is 0.0630. The fourth-order valence-corrected chi connectivity index (χ4v) is 2.98. The van der Waals surface area contributed by atoms with Crippen LogP contribution >= 0.6 is 23.8 Å². The van der Waals surface area contributed by atoms with E-state index in [1.807, 2.05) is 56.3 Å². The van der Waals surface area contributed by atoms with Crippen molar-refractivity contribution in [3.63, 3.8) is 0 Å². The number of aliphatic hydroxyl groups is 1. The van der Waals surface area contributed by atoms with Crippen LogP contribution in [-0.2, 0) is 0 Å². The zero-order chi connectivity index (χ0) is 18.2. The molecule has 1 atom stereocenters. The number of benzene rings is 2. The van der Waals surface area contributed by atoms with Gasteiger partial charge in [-0.15, -0.1) is 0 Å². The molecule has 0 aliphatic rings. The number of aliphatic hydroxyl groups excluding tert-OH is 1. The Hall–Kier alpha value is -1.82. The van der Waals surface area contributed by atoms with Crippen LogP contribution in [-0.4, -0.2) is 23.4 Å². The predicted octanol–water partition coefficient (Wildman–Crippen LogP) is 4.46. The molecule has 25 heavy (non-hydrogen) atoms. The average molecular weight is 379 g/mol. The zero-order valence-corrected chi connectivity index (χ0v) is 16.0. The molecule has 0 amide bonds. The highest BCUT2D eigenvalue weighted by Crippen LogP contribution is 2.22. The first-order chi connectivity index (χ1) is 12.0. The van der Waals surface area contributed by atoms with Gasteiger partial charge in [-0.25, -0.2) is 0 Å². The van der Waals surface area contributed by atoms with Crippen molar-refractivity contribution in [2.24, 2.45) is 0 Å². The van der Waals surface area contributed by atoms with E-state index in [2.05, 4.69) is 10.6 Å². The smallest absolute Gasteiger partial charge is 0.171 e. The van der Waals surface area contributed by atoms with Crippen molar-refractivity contribution in [3.8, 4) is 5.75 Å². The van der Waals surface area contributed by atoms with Crippen LogP contribution in [0.5, 0.6) is 5.75 Å². The summed E-state index contributed by atoms with van der Waals surface area (Å²) in [4.78, 5) is 0. The molecule has 0 saturated carbocycles. The summed E-state index contributed by atoms with van der Waals surface area (Å²) in [6.07, 6.45) is 0.551. The fraction of sp³-hybridized carbons (Fsp3) is 0.316. The molecule has 0 bridgehead atoms. The SMILES string of the molecule is CCOc1ccc(C(CCO)NC(=S)Nc2ccc(Cl)cc2C)cc1. The molecule has 0 aliphatic carbocycles. The number of rotatable bonds is 7. The number of anilines is 1. The number of aryl methyl sites for hydroxylation is 1. The topological polar surface area (TPSA) is 53.5 Å². The molecule has 1 unspecified atom stereocenters. The average Bonchev–Trinajstić information content (AvgIpc) is 2.58. The van der Waals surface area contributed by atoms with E-state index in [1.165, 1.54) is 0 Å². The summed E-state index contributed by atoms with van der Waals surface area (Å²) in [5.74, 6) is 0.825. The van der Waals surface area contributed by atoms with Crippen LogP contribution in [0.15, 0.2) is 42.5 Å². The molecule has 0 spiro atoms. The monoisotopic (exact) mass is 378 g/mol. The van der Waals surface area contributed by atoms with E-state index >= 15 is 0 Å². The Balaban J connectivity index is 2.05. The van der Waals surface area contributed by atoms with E-state index in [1.54, 1.807) is 0 Å². The van der Waals surface area contributed by atoms with Crippen molar-refractivity contribution in [2.75, 3.05) is 18.5 Å². The lowest BCUT2D eigenvalue weighted by Gasteiger charge is -2.21. The highest BCUT2D eigenvalue weighted by Gasteiger charge is 2.13. The van der Waals surface area contributed by atoms with Crippen molar-refractivity contribution < 1.29 is 9.84 Å². The molecular formula is C19H23ClN2O2S. The van der Waals surface area contributed by atoms with Crippen molar-refractivity contribution >= 4 is 34.6 Å². The Morgan fingerprint density at radius 3 is 2.56 bits per heavy atom. The zero-order valence-electron chi connectivity index (χ0n) is 14.4. The second kappa shape index (κ2) is 9.61. The summed E-state index contributed by atoms with van der Waals surface area (Å²) < 4.78 is 5.46. The van der Waals surface area contributed by atoms with E-state index in [4.69, 9.17) is 28.6 Å². The lowest BCUT2D eigenvalue weighted by Crippen LogP contribution is -2.33. The van der Waals surface area contributed by atoms with Gasteiger partial charge in [-0.2, -0.15) is 0 Å². The maximum absolute atomic E-state index is 9.37. The Morgan fingerprint density at radius 2 is 1.96 bits per heavy atom. The summed E-state index contributed by atoms with van der Waals surface area (Å²) in [5.41, 5.74) is 2.95. The Kier molecular flexibility index (Phi) is 7.50. The van der Waals surface area contributed by atoms with Crippen molar-refractivity contribution in [2.45, 2.75) is 26.3 Å². The quantitative estimate of drug-likeness (QED) is 0.621. The molecule has 3 N–H and O–H groups in total. The molecule has 0 saturated heterocycles. The maximum atomic E-state index is 9.37. The number of thiocarbonyl (C=S) groups is 1. The summed E-state index contributed by atoms with van der Waals surface area (Å²) >= 11 is 11.4. The van der Waals surface area contributed by atoms with Crippen LogP contribution in [0.4, 0.5) is 5.69 Å². The van der Waals surface area contributed by atoms with E-state index < -0.39 is 0 Å². The normalized spacial score (nSPS) is 11.7. The summed E-state index contributed by atoms with van der Waals surface area (Å²) in [6, 6.07) is 13.3. The maximum Gasteiger partial charge on any atom is 0.171 e. The van der Waals surface area contributed by atoms with Crippen LogP contribution in [0.2, 0.25) is 5.02 Å². The van der Waals surface area contributed by atoms with Gasteiger partial charge in [-0.3, -0.25) is 0 Å². The van der Waals surface area contributed by atoms with E-state index in [0.29, 0.717) is 23.2 Å². The predicted molar refractivity (Wildman–Crippen MR) is 108 cm³/mol. The standard InChI is InChI=1S/C19H23ClN2O2S/c1-3-24-16-7-4-14(5-8-16)18(10-11-23)22-19(25)21-17-9-6-15(20)12-13(17)2/h4-9,12,18,23H,3,10-11H2,1-2H3,(H2,21,22,25). The molecule has 0 fully saturated rings. The van der Waals surface area contributed by atoms with E-state index in [-0.39, 0.29) is 12.6 Å². The lowest BCUT2D eigenvalue weighted by molar-refractivity contribution is 0.272. The molecule has 2 aromatic carbocycles. The van der Waals surface area contributed by atoms with Gasteiger partial charge < -0.3 is 20.5 Å². The van der Waals surface area contributed by atoms with Gasteiger partial charge in [-0.05, 0) is 73.9 Å². The van der Waals surface area contributed by atoms with Crippen molar-refractivity contribution in [3.05, 3.63) is 58.6 Å². The van der Waals surface area contributed by atoms with E-state index in [9.17, 15) is 5.11 Å². The van der Waals surface area contributed by atoms with Gasteiger partial charge in [-0.1, -0.05) is 23.7 Å². The molecule has 0 radical (unpaired) electrons. The molecule has 6 heteroatoms. The highest BCUT2D eigenvalue weighted by atomic mass is 35.5. The molecule has 2 aromatic rings. The minimum atomic E-state index is -0.0896. The summed E-state index contributed by atoms with van der Waals surface area (Å²) in [6.45, 7) is 4.61. The first kappa shape index (κ1) is 19.5. The largest absolute Gasteiger partial charge is 0.494 e. The van der Waals surface area contributed by atoms with Gasteiger partial charge in [0.1, 0.15) is 5.75 Å². The second-order valence-corrected chi connectivity index (χ2v) is 6.47. The number of ether oxygens (including phenoxy) is 1. The number of nitrogens with one attached hydrogen (secondary N) is 2. The molecule has 2 rings (SSSR count). The number of hydrogen-bond acceptors (Lipinski definition) is 3. The van der Waals surface area contributed by atoms with Gasteiger partial charge in [0, 0.05) is 17.3 Å². The summed E-state index contributed by atoms with van der Waals surface area (Å²) in [7, 11) is 0. The molecule has 0 heterocycles. The Bertz CT molecular complexity index is 707. The van der Waals surface area contributed by atoms with Crippen LogP contribution in [0.25, 0.3) is 0 Å². The first-order valence-corrected chi connectivity index (χ1v) is 8.99. The van der Waals surface area contributed by atoms with Gasteiger partial charge in [0.25, 0.3) is 0 Å². The van der Waals surface area contributed by atoms with Crippen molar-refractivity contribution in [1.82, 2.24) is 5.32 Å². The van der Waals surface area contributed by atoms with Gasteiger partial charge in [0.2, 0.25) is 0 Å². The minimum Gasteiger partial charge on any atom is -0.494 e. The van der Waals surface area contributed by atoms with Crippen molar-refractivity contribution in [1.29, 1.82) is 0 Å². The fourth-order valence-electron chi connectivity index (χ4n) is 2.50. The third-order valence-electron chi connectivity index (χ3n) is 3.75. The van der Waals surface area contributed by atoms with Gasteiger partial charge in [0.15, 0.2) is 5.11 Å². The molecule has 0 aliphatic heterocycles. The van der Waals surface area contributed by atoms with Crippen LogP contribution in [0.3, 0.4) is 0 Å².